The van der Waals surface area contributed by atoms with Crippen LogP contribution in [0.2, 0.25) is 0 Å². The van der Waals surface area contributed by atoms with Crippen molar-refractivity contribution in [1.29, 1.82) is 0 Å². The number of unbranched alkanes of at least 4 members (excludes halogenated alkanes) is 1. The van der Waals surface area contributed by atoms with Crippen molar-refractivity contribution in [1.82, 2.24) is 9.36 Å². The molecule has 0 saturated carbocycles. The SMILES string of the molecule is CCCCN(CCC)c1ccc(N=Nc2nc(C)ns2)c(O)c1. The molecule has 0 atom stereocenters. The van der Waals surface area contributed by atoms with Gasteiger partial charge in [0.25, 0.3) is 0 Å². The summed E-state index contributed by atoms with van der Waals surface area (Å²) in [4.78, 5) is 6.41. The Balaban J connectivity index is 2.13. The molecule has 23 heavy (non-hydrogen) atoms. The van der Waals surface area contributed by atoms with E-state index in [1.165, 1.54) is 11.5 Å². The minimum atomic E-state index is 0.130. The molecule has 0 spiro atoms. The van der Waals surface area contributed by atoms with Crippen LogP contribution in [0.25, 0.3) is 0 Å². The molecule has 1 heterocycles. The predicted octanol–water partition coefficient (Wildman–Crippen LogP) is 4.98. The van der Waals surface area contributed by atoms with Crippen molar-refractivity contribution in [2.24, 2.45) is 10.2 Å². The molecular formula is C16H23N5OS. The van der Waals surface area contributed by atoms with Gasteiger partial charge < -0.3 is 10.0 Å². The Labute approximate surface area is 141 Å². The first-order chi connectivity index (χ1) is 11.1. The lowest BCUT2D eigenvalue weighted by Crippen LogP contribution is -2.25. The molecule has 124 valence electrons. The second kappa shape index (κ2) is 8.57. The van der Waals surface area contributed by atoms with E-state index in [9.17, 15) is 5.11 Å². The molecule has 1 aromatic carbocycles. The van der Waals surface area contributed by atoms with Crippen molar-refractivity contribution in [2.75, 3.05) is 18.0 Å². The highest BCUT2D eigenvalue weighted by Gasteiger charge is 2.09. The molecule has 0 aliphatic rings. The Morgan fingerprint density at radius 1 is 1.17 bits per heavy atom. The number of aromatic nitrogens is 2. The minimum absolute atomic E-state index is 0.130. The van der Waals surface area contributed by atoms with Crippen LogP contribution in [-0.4, -0.2) is 27.6 Å². The maximum Gasteiger partial charge on any atom is 0.249 e. The van der Waals surface area contributed by atoms with Gasteiger partial charge in [-0.1, -0.05) is 20.3 Å². The van der Waals surface area contributed by atoms with Gasteiger partial charge in [-0.05, 0) is 31.9 Å². The van der Waals surface area contributed by atoms with Gasteiger partial charge in [0.1, 0.15) is 17.3 Å². The molecule has 0 aliphatic heterocycles. The van der Waals surface area contributed by atoms with Gasteiger partial charge in [0.2, 0.25) is 5.13 Å². The third kappa shape index (κ3) is 4.99. The van der Waals surface area contributed by atoms with E-state index in [0.717, 1.165) is 38.0 Å². The predicted molar refractivity (Wildman–Crippen MR) is 94.3 cm³/mol. The topological polar surface area (TPSA) is 74.0 Å². The van der Waals surface area contributed by atoms with Crippen LogP contribution >= 0.6 is 11.5 Å². The van der Waals surface area contributed by atoms with Gasteiger partial charge in [0, 0.05) is 36.4 Å². The van der Waals surface area contributed by atoms with E-state index in [-0.39, 0.29) is 5.75 Å². The lowest BCUT2D eigenvalue weighted by atomic mass is 10.2. The van der Waals surface area contributed by atoms with Crippen molar-refractivity contribution < 1.29 is 5.11 Å². The maximum absolute atomic E-state index is 10.2. The fourth-order valence-corrected chi connectivity index (χ4v) is 2.71. The van der Waals surface area contributed by atoms with Gasteiger partial charge in [0.15, 0.2) is 0 Å². The number of nitrogens with zero attached hydrogens (tertiary/aromatic N) is 5. The molecule has 2 rings (SSSR count). The highest BCUT2D eigenvalue weighted by Crippen LogP contribution is 2.32. The summed E-state index contributed by atoms with van der Waals surface area (Å²) >= 11 is 1.19. The quantitative estimate of drug-likeness (QED) is 0.691. The number of hydrogen-bond acceptors (Lipinski definition) is 7. The highest BCUT2D eigenvalue weighted by molar-refractivity contribution is 7.09. The summed E-state index contributed by atoms with van der Waals surface area (Å²) in [5, 5.41) is 18.8. The van der Waals surface area contributed by atoms with Gasteiger partial charge in [-0.3, -0.25) is 0 Å². The van der Waals surface area contributed by atoms with Crippen molar-refractivity contribution >= 4 is 28.0 Å². The number of aryl methyl sites for hydroxylation is 1. The van der Waals surface area contributed by atoms with E-state index in [1.54, 1.807) is 19.1 Å². The van der Waals surface area contributed by atoms with Crippen LogP contribution in [0.3, 0.4) is 0 Å². The molecule has 2 aromatic rings. The third-order valence-electron chi connectivity index (χ3n) is 3.36. The molecule has 0 radical (unpaired) electrons. The van der Waals surface area contributed by atoms with Gasteiger partial charge in [-0.15, -0.1) is 10.2 Å². The summed E-state index contributed by atoms with van der Waals surface area (Å²) < 4.78 is 4.05. The van der Waals surface area contributed by atoms with Crippen molar-refractivity contribution in [3.63, 3.8) is 0 Å². The zero-order chi connectivity index (χ0) is 16.7. The van der Waals surface area contributed by atoms with Crippen LogP contribution in [0.5, 0.6) is 5.75 Å². The van der Waals surface area contributed by atoms with Gasteiger partial charge in [0.05, 0.1) is 0 Å². The molecule has 6 nitrogen and oxygen atoms in total. The number of phenolic OH excluding ortho intramolecular Hbond substituents is 1. The summed E-state index contributed by atoms with van der Waals surface area (Å²) in [7, 11) is 0. The Morgan fingerprint density at radius 2 is 2.00 bits per heavy atom. The molecule has 0 unspecified atom stereocenters. The van der Waals surface area contributed by atoms with Crippen molar-refractivity contribution in [2.45, 2.75) is 40.0 Å². The Hall–Kier alpha value is -2.02. The van der Waals surface area contributed by atoms with Gasteiger partial charge >= 0.3 is 0 Å². The fraction of sp³-hybridized carbons (Fsp3) is 0.500. The molecule has 1 N–H and O–H groups in total. The molecule has 0 saturated heterocycles. The Bertz CT molecular complexity index is 656. The third-order valence-corrected chi connectivity index (χ3v) is 4.05. The molecular weight excluding hydrogens is 310 g/mol. The van der Waals surface area contributed by atoms with Gasteiger partial charge in [-0.2, -0.15) is 4.37 Å². The van der Waals surface area contributed by atoms with Crippen LogP contribution < -0.4 is 4.90 Å². The molecule has 1 aromatic heterocycles. The maximum atomic E-state index is 10.2. The standard InChI is InChI=1S/C16H23N5OS/c1-4-6-10-21(9-5-2)13-7-8-14(15(22)11-13)18-19-16-17-12(3)20-23-16/h7-8,11,22H,4-6,9-10H2,1-3H3. The number of azo groups is 1. The lowest BCUT2D eigenvalue weighted by Gasteiger charge is -2.24. The second-order valence-electron chi connectivity index (χ2n) is 5.34. The summed E-state index contributed by atoms with van der Waals surface area (Å²) in [6, 6.07) is 5.52. The largest absolute Gasteiger partial charge is 0.506 e. The van der Waals surface area contributed by atoms with E-state index in [0.29, 0.717) is 16.6 Å². The van der Waals surface area contributed by atoms with Crippen LogP contribution in [0.4, 0.5) is 16.5 Å². The van der Waals surface area contributed by atoms with Crippen LogP contribution in [0.1, 0.15) is 38.9 Å². The second-order valence-corrected chi connectivity index (χ2v) is 6.07. The minimum Gasteiger partial charge on any atom is -0.506 e. The van der Waals surface area contributed by atoms with E-state index < -0.39 is 0 Å². The number of benzene rings is 1. The molecule has 0 aliphatic carbocycles. The van der Waals surface area contributed by atoms with E-state index in [4.69, 9.17) is 0 Å². The molecule has 0 bridgehead atoms. The smallest absolute Gasteiger partial charge is 0.249 e. The lowest BCUT2D eigenvalue weighted by molar-refractivity contribution is 0.476. The summed E-state index contributed by atoms with van der Waals surface area (Å²) in [6.45, 7) is 8.12. The average molecular weight is 333 g/mol. The Kier molecular flexibility index (Phi) is 6.46. The summed E-state index contributed by atoms with van der Waals surface area (Å²) in [5.74, 6) is 0.805. The van der Waals surface area contributed by atoms with Crippen LogP contribution in [0.15, 0.2) is 28.4 Å². The fourth-order valence-electron chi connectivity index (χ4n) is 2.21. The first kappa shape index (κ1) is 17.3. The van der Waals surface area contributed by atoms with E-state index in [2.05, 4.69) is 38.3 Å². The Morgan fingerprint density at radius 3 is 2.61 bits per heavy atom. The number of phenols is 1. The number of rotatable bonds is 8. The molecule has 0 fully saturated rings. The van der Waals surface area contributed by atoms with Crippen molar-refractivity contribution in [3.8, 4) is 5.75 Å². The van der Waals surface area contributed by atoms with E-state index in [1.807, 2.05) is 6.07 Å². The van der Waals surface area contributed by atoms with Crippen LogP contribution in [0, 0.1) is 6.92 Å². The first-order valence-electron chi connectivity index (χ1n) is 7.94. The monoisotopic (exact) mass is 333 g/mol. The number of aromatic hydroxyl groups is 1. The molecule has 7 heteroatoms. The van der Waals surface area contributed by atoms with Crippen molar-refractivity contribution in [3.05, 3.63) is 24.0 Å². The number of hydrogen-bond donors (Lipinski definition) is 1. The first-order valence-corrected chi connectivity index (χ1v) is 8.71. The van der Waals surface area contributed by atoms with Crippen LogP contribution in [-0.2, 0) is 0 Å². The summed E-state index contributed by atoms with van der Waals surface area (Å²) in [6.07, 6.45) is 3.36. The zero-order valence-corrected chi connectivity index (χ0v) is 14.7. The number of anilines is 1. The average Bonchev–Trinajstić information content (AvgIpc) is 2.95. The normalized spacial score (nSPS) is 11.3. The van der Waals surface area contributed by atoms with E-state index >= 15 is 0 Å². The summed E-state index contributed by atoms with van der Waals surface area (Å²) in [5.41, 5.74) is 1.46. The zero-order valence-electron chi connectivity index (χ0n) is 13.9. The molecule has 0 amide bonds. The highest BCUT2D eigenvalue weighted by atomic mass is 32.1. The van der Waals surface area contributed by atoms with Gasteiger partial charge in [-0.25, -0.2) is 4.98 Å².